The molecule has 0 aliphatic carbocycles. The fraction of sp³-hybridized carbons (Fsp3) is 0. The Morgan fingerprint density at radius 1 is 0.900 bits per heavy atom. The predicted molar refractivity (Wildman–Crippen MR) is 115 cm³/mol. The molecule has 0 unspecified atom stereocenters. The van der Waals surface area contributed by atoms with Crippen molar-refractivity contribution in [2.45, 2.75) is 0 Å². The highest BCUT2D eigenvalue weighted by Crippen LogP contribution is 2.28. The third kappa shape index (κ3) is 4.17. The van der Waals surface area contributed by atoms with Gasteiger partial charge in [-0.3, -0.25) is 10.1 Å². The highest BCUT2D eigenvalue weighted by molar-refractivity contribution is 6.02. The summed E-state index contributed by atoms with van der Waals surface area (Å²) < 4.78 is 1.77. The molecule has 4 rings (SSSR count). The normalized spacial score (nSPS) is 10.4. The van der Waals surface area contributed by atoms with Gasteiger partial charge in [0.15, 0.2) is 0 Å². The molecular weight excluding hydrogens is 382 g/mol. The number of para-hydroxylation sites is 2. The molecule has 30 heavy (non-hydrogen) atoms. The zero-order chi connectivity index (χ0) is 20.9. The van der Waals surface area contributed by atoms with Gasteiger partial charge in [-0.05, 0) is 30.3 Å². The van der Waals surface area contributed by atoms with Crippen LogP contribution >= 0.6 is 0 Å². The zero-order valence-corrected chi connectivity index (χ0v) is 15.7. The maximum absolute atomic E-state index is 12.4. The second kappa shape index (κ2) is 8.27. The second-order valence-electron chi connectivity index (χ2n) is 6.44. The minimum absolute atomic E-state index is 0.0401. The minimum atomic E-state index is -0.490. The average molecular weight is 399 g/mol. The van der Waals surface area contributed by atoms with Gasteiger partial charge in [-0.25, -0.2) is 9.48 Å². The van der Waals surface area contributed by atoms with Crippen molar-refractivity contribution in [3.05, 3.63) is 101 Å². The molecule has 0 saturated carbocycles. The summed E-state index contributed by atoms with van der Waals surface area (Å²) in [6, 6.07) is 22.3. The maximum Gasteiger partial charge on any atom is 0.323 e. The Labute approximate surface area is 171 Å². The Morgan fingerprint density at radius 2 is 1.60 bits per heavy atom. The highest BCUT2D eigenvalue weighted by Gasteiger charge is 2.11. The summed E-state index contributed by atoms with van der Waals surface area (Å²) >= 11 is 0. The average Bonchev–Trinajstić information content (AvgIpc) is 3.25. The molecule has 0 bridgehead atoms. The number of nitro benzene ring substituents is 1. The Balaban J connectivity index is 1.51. The molecule has 1 heterocycles. The molecule has 4 aromatic rings. The van der Waals surface area contributed by atoms with Crippen molar-refractivity contribution in [1.82, 2.24) is 9.78 Å². The largest absolute Gasteiger partial charge is 0.323 e. The number of benzene rings is 3. The van der Waals surface area contributed by atoms with Crippen molar-refractivity contribution in [2.24, 2.45) is 0 Å². The van der Waals surface area contributed by atoms with E-state index in [-0.39, 0.29) is 5.69 Å². The predicted octanol–water partition coefficient (Wildman–Crippen LogP) is 5.09. The van der Waals surface area contributed by atoms with E-state index in [1.54, 1.807) is 16.9 Å². The van der Waals surface area contributed by atoms with Gasteiger partial charge in [0.2, 0.25) is 0 Å². The Kier molecular flexibility index (Phi) is 5.21. The van der Waals surface area contributed by atoms with E-state index in [2.05, 4.69) is 15.7 Å². The molecule has 0 fully saturated rings. The molecule has 2 N–H and O–H groups in total. The quantitative estimate of drug-likeness (QED) is 0.360. The maximum atomic E-state index is 12.4. The summed E-state index contributed by atoms with van der Waals surface area (Å²) in [4.78, 5) is 22.7. The van der Waals surface area contributed by atoms with Gasteiger partial charge in [0.05, 0.1) is 22.5 Å². The molecule has 0 aliphatic heterocycles. The lowest BCUT2D eigenvalue weighted by Gasteiger charge is -2.11. The number of hydrogen-bond acceptors (Lipinski definition) is 4. The van der Waals surface area contributed by atoms with Crippen LogP contribution in [0.1, 0.15) is 0 Å². The number of nitro groups is 1. The van der Waals surface area contributed by atoms with E-state index < -0.39 is 11.0 Å². The SMILES string of the molecule is O=C(Nc1ccc([N+](=O)[O-])cc1)Nc1ccccc1-c1cnn(-c2ccccc2)c1. The molecule has 0 spiro atoms. The highest BCUT2D eigenvalue weighted by atomic mass is 16.6. The zero-order valence-electron chi connectivity index (χ0n) is 15.7. The van der Waals surface area contributed by atoms with Crippen LogP contribution in [0.15, 0.2) is 91.3 Å². The smallest absolute Gasteiger partial charge is 0.308 e. The molecule has 8 heteroatoms. The van der Waals surface area contributed by atoms with Crippen LogP contribution in [0.3, 0.4) is 0 Å². The van der Waals surface area contributed by atoms with Gasteiger partial charge >= 0.3 is 6.03 Å². The van der Waals surface area contributed by atoms with Crippen molar-refractivity contribution >= 4 is 23.1 Å². The molecule has 0 aliphatic rings. The molecule has 0 atom stereocenters. The summed E-state index contributed by atoms with van der Waals surface area (Å²) in [6.45, 7) is 0. The summed E-state index contributed by atoms with van der Waals surface area (Å²) in [5.41, 5.74) is 3.63. The Morgan fingerprint density at radius 3 is 2.33 bits per heavy atom. The number of urea groups is 1. The Bertz CT molecular complexity index is 1190. The molecule has 1 aromatic heterocycles. The van der Waals surface area contributed by atoms with E-state index in [0.29, 0.717) is 11.4 Å². The van der Waals surface area contributed by atoms with Crippen LogP contribution in [0, 0.1) is 10.1 Å². The van der Waals surface area contributed by atoms with Crippen LogP contribution in [0.4, 0.5) is 21.9 Å². The van der Waals surface area contributed by atoms with Gasteiger partial charge in [-0.15, -0.1) is 0 Å². The first kappa shape index (κ1) is 18.9. The molecule has 0 radical (unpaired) electrons. The van der Waals surface area contributed by atoms with Crippen LogP contribution in [0.25, 0.3) is 16.8 Å². The molecule has 0 saturated heterocycles. The number of nitrogens with zero attached hydrogens (tertiary/aromatic N) is 3. The van der Waals surface area contributed by atoms with Crippen LogP contribution in [-0.4, -0.2) is 20.7 Å². The van der Waals surface area contributed by atoms with E-state index in [4.69, 9.17) is 0 Å². The van der Waals surface area contributed by atoms with Gasteiger partial charge in [-0.2, -0.15) is 5.10 Å². The van der Waals surface area contributed by atoms with Crippen molar-refractivity contribution < 1.29 is 9.72 Å². The van der Waals surface area contributed by atoms with Crippen molar-refractivity contribution in [2.75, 3.05) is 10.6 Å². The second-order valence-corrected chi connectivity index (χ2v) is 6.44. The van der Waals surface area contributed by atoms with Gasteiger partial charge in [0.25, 0.3) is 5.69 Å². The number of non-ortho nitro benzene ring substituents is 1. The number of amides is 2. The van der Waals surface area contributed by atoms with E-state index in [1.165, 1.54) is 24.3 Å². The summed E-state index contributed by atoms with van der Waals surface area (Å²) in [5.74, 6) is 0. The standard InChI is InChI=1S/C22H17N5O3/c28-22(24-17-10-12-19(13-11-17)27(29)30)25-21-9-5-4-8-20(21)16-14-23-26(15-16)18-6-2-1-3-7-18/h1-15H,(H2,24,25,28). The van der Waals surface area contributed by atoms with Gasteiger partial charge in [-0.1, -0.05) is 36.4 Å². The summed E-state index contributed by atoms with van der Waals surface area (Å²) in [6.07, 6.45) is 3.63. The first-order chi connectivity index (χ1) is 14.6. The third-order valence-corrected chi connectivity index (χ3v) is 4.43. The third-order valence-electron chi connectivity index (χ3n) is 4.43. The lowest BCUT2D eigenvalue weighted by atomic mass is 10.1. The topological polar surface area (TPSA) is 102 Å². The van der Waals surface area contributed by atoms with E-state index in [0.717, 1.165) is 16.8 Å². The first-order valence-corrected chi connectivity index (χ1v) is 9.12. The lowest BCUT2D eigenvalue weighted by molar-refractivity contribution is -0.384. The summed E-state index contributed by atoms with van der Waals surface area (Å²) in [5, 5.41) is 20.6. The van der Waals surface area contributed by atoms with E-state index >= 15 is 0 Å². The fourth-order valence-corrected chi connectivity index (χ4v) is 2.98. The minimum Gasteiger partial charge on any atom is -0.308 e. The molecular formula is C22H17N5O3. The molecule has 3 aromatic carbocycles. The van der Waals surface area contributed by atoms with Crippen molar-refractivity contribution in [1.29, 1.82) is 0 Å². The number of hydrogen-bond donors (Lipinski definition) is 2. The number of nitrogens with one attached hydrogen (secondary N) is 2. The van der Waals surface area contributed by atoms with E-state index in [1.807, 2.05) is 54.7 Å². The number of anilines is 2. The van der Waals surface area contributed by atoms with Crippen LogP contribution < -0.4 is 10.6 Å². The molecule has 8 nitrogen and oxygen atoms in total. The van der Waals surface area contributed by atoms with Crippen molar-refractivity contribution in [3.63, 3.8) is 0 Å². The van der Waals surface area contributed by atoms with Crippen molar-refractivity contribution in [3.8, 4) is 16.8 Å². The van der Waals surface area contributed by atoms with Gasteiger partial charge in [0, 0.05) is 35.1 Å². The number of carbonyl (C=O) groups is 1. The monoisotopic (exact) mass is 399 g/mol. The number of aromatic nitrogens is 2. The van der Waals surface area contributed by atoms with Gasteiger partial charge in [0.1, 0.15) is 0 Å². The fourth-order valence-electron chi connectivity index (χ4n) is 2.98. The Hall–Kier alpha value is -4.46. The van der Waals surface area contributed by atoms with Crippen LogP contribution in [0.5, 0.6) is 0 Å². The van der Waals surface area contributed by atoms with Gasteiger partial charge < -0.3 is 10.6 Å². The van der Waals surface area contributed by atoms with Crippen LogP contribution in [0.2, 0.25) is 0 Å². The molecule has 148 valence electrons. The first-order valence-electron chi connectivity index (χ1n) is 9.12. The lowest BCUT2D eigenvalue weighted by Crippen LogP contribution is -2.19. The van der Waals surface area contributed by atoms with E-state index in [9.17, 15) is 14.9 Å². The molecule has 2 amide bonds. The number of rotatable bonds is 5. The number of carbonyl (C=O) groups excluding carboxylic acids is 1. The summed E-state index contributed by atoms with van der Waals surface area (Å²) in [7, 11) is 0. The van der Waals surface area contributed by atoms with Crippen LogP contribution in [-0.2, 0) is 0 Å².